The van der Waals surface area contributed by atoms with Crippen molar-refractivity contribution in [3.05, 3.63) is 47.2 Å². The predicted molar refractivity (Wildman–Crippen MR) is 74.1 cm³/mol. The summed E-state index contributed by atoms with van der Waals surface area (Å²) in [6, 6.07) is 8.47. The lowest BCUT2D eigenvalue weighted by Crippen LogP contribution is -2.31. The fraction of sp³-hybridized carbons (Fsp3) is 0.333. The molecule has 1 aromatic heterocycles. The van der Waals surface area contributed by atoms with Crippen LogP contribution in [0.15, 0.2) is 30.5 Å². The number of aryl methyl sites for hydroxylation is 1. The largest absolute Gasteiger partial charge is 0.362 e. The van der Waals surface area contributed by atoms with Gasteiger partial charge in [0.25, 0.3) is 6.43 Å². The molecule has 21 heavy (non-hydrogen) atoms. The van der Waals surface area contributed by atoms with Crippen LogP contribution in [0.5, 0.6) is 0 Å². The third-order valence-electron chi connectivity index (χ3n) is 3.79. The van der Waals surface area contributed by atoms with Gasteiger partial charge < -0.3 is 5.32 Å². The van der Waals surface area contributed by atoms with Gasteiger partial charge in [-0.05, 0) is 18.9 Å². The first-order chi connectivity index (χ1) is 10.1. The molecule has 4 nitrogen and oxygen atoms in total. The third kappa shape index (κ3) is 2.35. The van der Waals surface area contributed by atoms with Gasteiger partial charge in [0.2, 0.25) is 0 Å². The van der Waals surface area contributed by atoms with Crippen molar-refractivity contribution in [2.75, 3.05) is 5.32 Å². The summed E-state index contributed by atoms with van der Waals surface area (Å²) in [4.78, 5) is 0. The first-order valence-electron chi connectivity index (χ1n) is 6.69. The predicted octanol–water partition coefficient (Wildman–Crippen LogP) is 3.43. The highest BCUT2D eigenvalue weighted by atomic mass is 19.3. The molecule has 2 atom stereocenters. The molecule has 2 heterocycles. The number of rotatable bonds is 2. The highest BCUT2D eigenvalue weighted by Crippen LogP contribution is 2.39. The standard InChI is InChI=1S/C15H14F2N4/c1-9-2-4-10(5-3-9)12-6-13(14(16)17)21-15(20-12)11(7-18)8-19-21/h2-5,8,12-14,20H,6H2,1H3/t12-,13+/m1/s1. The van der Waals surface area contributed by atoms with E-state index in [0.29, 0.717) is 5.82 Å². The molecular formula is C15H14F2N4. The average molecular weight is 288 g/mol. The number of alkyl halides is 2. The molecule has 0 radical (unpaired) electrons. The second kappa shape index (κ2) is 5.17. The lowest BCUT2D eigenvalue weighted by Gasteiger charge is -2.32. The maximum atomic E-state index is 13.3. The number of nitrogens with one attached hydrogen (secondary N) is 1. The van der Waals surface area contributed by atoms with Crippen LogP contribution in [0.2, 0.25) is 0 Å². The number of aromatic nitrogens is 2. The molecule has 1 aromatic carbocycles. The van der Waals surface area contributed by atoms with Crippen LogP contribution in [0.4, 0.5) is 14.6 Å². The smallest absolute Gasteiger partial charge is 0.260 e. The van der Waals surface area contributed by atoms with Crippen molar-refractivity contribution in [2.45, 2.75) is 31.9 Å². The van der Waals surface area contributed by atoms with Gasteiger partial charge in [-0.1, -0.05) is 29.8 Å². The van der Waals surface area contributed by atoms with Crippen molar-refractivity contribution >= 4 is 5.82 Å². The highest BCUT2D eigenvalue weighted by molar-refractivity contribution is 5.54. The summed E-state index contributed by atoms with van der Waals surface area (Å²) in [5, 5.41) is 16.2. The molecule has 1 N–H and O–H groups in total. The number of hydrogen-bond acceptors (Lipinski definition) is 3. The molecule has 0 saturated carbocycles. The SMILES string of the molecule is Cc1ccc([C@H]2C[C@@H](C(F)F)n3ncc(C#N)c3N2)cc1. The Labute approximate surface area is 121 Å². The maximum Gasteiger partial charge on any atom is 0.260 e. The number of halogens is 2. The minimum absolute atomic E-state index is 0.236. The normalized spacial score (nSPS) is 20.7. The van der Waals surface area contributed by atoms with Gasteiger partial charge in [0.15, 0.2) is 0 Å². The molecule has 3 rings (SSSR count). The van der Waals surface area contributed by atoms with Crippen molar-refractivity contribution in [1.29, 1.82) is 5.26 Å². The lowest BCUT2D eigenvalue weighted by atomic mass is 9.96. The van der Waals surface area contributed by atoms with E-state index in [9.17, 15) is 8.78 Å². The molecule has 1 aliphatic rings. The van der Waals surface area contributed by atoms with E-state index < -0.39 is 12.5 Å². The fourth-order valence-corrected chi connectivity index (χ4v) is 2.63. The summed E-state index contributed by atoms with van der Waals surface area (Å²) in [6.45, 7) is 1.98. The summed E-state index contributed by atoms with van der Waals surface area (Å²) < 4.78 is 27.8. The molecule has 1 aliphatic heterocycles. The van der Waals surface area contributed by atoms with Crippen molar-refractivity contribution in [2.24, 2.45) is 0 Å². The fourth-order valence-electron chi connectivity index (χ4n) is 2.63. The first kappa shape index (κ1) is 13.6. The molecule has 0 saturated heterocycles. The number of fused-ring (bicyclic) bond motifs is 1. The molecule has 6 heteroatoms. The Hall–Kier alpha value is -2.42. The van der Waals surface area contributed by atoms with Crippen molar-refractivity contribution in [1.82, 2.24) is 9.78 Å². The Morgan fingerprint density at radius 2 is 2.10 bits per heavy atom. The van der Waals surface area contributed by atoms with E-state index in [-0.39, 0.29) is 18.0 Å². The molecule has 2 aromatic rings. The van der Waals surface area contributed by atoms with Crippen LogP contribution < -0.4 is 5.32 Å². The van der Waals surface area contributed by atoms with Crippen LogP contribution in [-0.4, -0.2) is 16.2 Å². The number of nitriles is 1. The zero-order chi connectivity index (χ0) is 15.0. The minimum atomic E-state index is -2.52. The maximum absolute atomic E-state index is 13.3. The Morgan fingerprint density at radius 3 is 2.71 bits per heavy atom. The Balaban J connectivity index is 2.00. The molecule has 108 valence electrons. The molecule has 0 fully saturated rings. The van der Waals surface area contributed by atoms with E-state index in [1.807, 2.05) is 37.3 Å². The zero-order valence-electron chi connectivity index (χ0n) is 11.4. The number of nitrogens with zero attached hydrogens (tertiary/aromatic N) is 3. The molecule has 0 unspecified atom stereocenters. The summed E-state index contributed by atoms with van der Waals surface area (Å²) in [7, 11) is 0. The zero-order valence-corrected chi connectivity index (χ0v) is 11.4. The molecule has 0 aliphatic carbocycles. The van der Waals surface area contributed by atoms with Gasteiger partial charge >= 0.3 is 0 Å². The summed E-state index contributed by atoms with van der Waals surface area (Å²) in [6.07, 6.45) is -0.958. The van der Waals surface area contributed by atoms with Gasteiger partial charge in [-0.2, -0.15) is 10.4 Å². The minimum Gasteiger partial charge on any atom is -0.362 e. The topological polar surface area (TPSA) is 53.6 Å². The average Bonchev–Trinajstić information content (AvgIpc) is 2.89. The second-order valence-corrected chi connectivity index (χ2v) is 5.21. The molecule has 0 amide bonds. The summed E-state index contributed by atoms with van der Waals surface area (Å²) in [5.74, 6) is 0.375. The van der Waals surface area contributed by atoms with Gasteiger partial charge in [-0.15, -0.1) is 0 Å². The van der Waals surface area contributed by atoms with Gasteiger partial charge in [0.1, 0.15) is 23.5 Å². The van der Waals surface area contributed by atoms with Crippen molar-refractivity contribution in [3.8, 4) is 6.07 Å². The molecule has 0 spiro atoms. The van der Waals surface area contributed by atoms with Gasteiger partial charge in [-0.3, -0.25) is 0 Å². The van der Waals surface area contributed by atoms with Crippen LogP contribution in [0.3, 0.4) is 0 Å². The Bertz CT molecular complexity index is 685. The summed E-state index contributed by atoms with van der Waals surface area (Å²) >= 11 is 0. The first-order valence-corrected chi connectivity index (χ1v) is 6.69. The van der Waals surface area contributed by atoms with Crippen LogP contribution in [-0.2, 0) is 0 Å². The molecule has 0 bridgehead atoms. The second-order valence-electron chi connectivity index (χ2n) is 5.21. The Morgan fingerprint density at radius 1 is 1.38 bits per heavy atom. The lowest BCUT2D eigenvalue weighted by molar-refractivity contribution is 0.0658. The van der Waals surface area contributed by atoms with Gasteiger partial charge in [0.05, 0.1) is 12.2 Å². The van der Waals surface area contributed by atoms with E-state index in [4.69, 9.17) is 5.26 Å². The summed E-state index contributed by atoms with van der Waals surface area (Å²) in [5.41, 5.74) is 2.34. The van der Waals surface area contributed by atoms with Crippen molar-refractivity contribution in [3.63, 3.8) is 0 Å². The van der Waals surface area contributed by atoms with Crippen LogP contribution >= 0.6 is 0 Å². The van der Waals surface area contributed by atoms with E-state index in [1.54, 1.807) is 0 Å². The Kier molecular flexibility index (Phi) is 3.34. The van der Waals surface area contributed by atoms with Crippen LogP contribution in [0.1, 0.15) is 35.2 Å². The molecular weight excluding hydrogens is 274 g/mol. The number of benzene rings is 1. The third-order valence-corrected chi connectivity index (χ3v) is 3.79. The highest BCUT2D eigenvalue weighted by Gasteiger charge is 2.35. The van der Waals surface area contributed by atoms with Crippen molar-refractivity contribution < 1.29 is 8.78 Å². The van der Waals surface area contributed by atoms with Gasteiger partial charge in [-0.25, -0.2) is 13.5 Å². The van der Waals surface area contributed by atoms with E-state index in [2.05, 4.69) is 10.4 Å². The van der Waals surface area contributed by atoms with Crippen LogP contribution in [0, 0.1) is 18.3 Å². The van der Waals surface area contributed by atoms with Crippen LogP contribution in [0.25, 0.3) is 0 Å². The number of anilines is 1. The van der Waals surface area contributed by atoms with Gasteiger partial charge in [0, 0.05) is 0 Å². The monoisotopic (exact) mass is 288 g/mol. The quantitative estimate of drug-likeness (QED) is 0.921. The number of hydrogen-bond donors (Lipinski definition) is 1. The van der Waals surface area contributed by atoms with E-state index >= 15 is 0 Å². The van der Waals surface area contributed by atoms with E-state index in [0.717, 1.165) is 11.1 Å². The van der Waals surface area contributed by atoms with E-state index in [1.165, 1.54) is 10.9 Å².